The highest BCUT2D eigenvalue weighted by atomic mass is 79.9. The fourth-order valence-electron chi connectivity index (χ4n) is 1.79. The molecule has 0 heterocycles. The molecule has 1 aromatic rings. The van der Waals surface area contributed by atoms with Gasteiger partial charge in [0.05, 0.1) is 23.4 Å². The van der Waals surface area contributed by atoms with Crippen molar-refractivity contribution in [1.29, 1.82) is 0 Å². The number of ether oxygens (including phenoxy) is 1. The molecule has 0 fully saturated rings. The van der Waals surface area contributed by atoms with Crippen LogP contribution in [0.1, 0.15) is 15.9 Å². The van der Waals surface area contributed by atoms with Gasteiger partial charge in [-0.05, 0) is 27.6 Å². The Morgan fingerprint density at radius 2 is 2.12 bits per heavy atom. The predicted octanol–water partition coefficient (Wildman–Crippen LogP) is 3.40. The number of halogens is 2. The Balaban J connectivity index is 2.74. The molecule has 0 saturated carbocycles. The summed E-state index contributed by atoms with van der Waals surface area (Å²) in [5, 5.41) is 8.98. The molecule has 0 spiro atoms. The van der Waals surface area contributed by atoms with Gasteiger partial charge in [0.15, 0.2) is 5.78 Å². The minimum absolute atomic E-state index is 0.184. The van der Waals surface area contributed by atoms with Crippen LogP contribution in [0.15, 0.2) is 26.8 Å². The molecule has 2 rings (SSSR count). The van der Waals surface area contributed by atoms with Gasteiger partial charge in [-0.1, -0.05) is 15.9 Å². The summed E-state index contributed by atoms with van der Waals surface area (Å²) in [7, 11) is 1.52. The number of fused-ring (bicyclic) bond motifs is 1. The van der Waals surface area contributed by atoms with Crippen molar-refractivity contribution in [3.8, 4) is 5.75 Å². The molecule has 1 aromatic carbocycles. The summed E-state index contributed by atoms with van der Waals surface area (Å²) >= 11 is 6.74. The lowest BCUT2D eigenvalue weighted by molar-refractivity contribution is 0.103. The van der Waals surface area contributed by atoms with E-state index in [1.165, 1.54) is 7.11 Å². The lowest BCUT2D eigenvalue weighted by Crippen LogP contribution is -2.00. The van der Waals surface area contributed by atoms with Crippen LogP contribution in [0.4, 0.5) is 0 Å². The van der Waals surface area contributed by atoms with E-state index in [0.29, 0.717) is 27.8 Å². The fraction of sp³-hybridized carbons (Fsp3) is 0.182. The first-order valence-electron chi connectivity index (χ1n) is 4.53. The van der Waals surface area contributed by atoms with Crippen molar-refractivity contribution in [2.45, 2.75) is 6.42 Å². The molecule has 0 bridgehead atoms. The van der Waals surface area contributed by atoms with Gasteiger partial charge in [-0.3, -0.25) is 4.79 Å². The van der Waals surface area contributed by atoms with E-state index < -0.39 is 0 Å². The van der Waals surface area contributed by atoms with Crippen LogP contribution in [0.5, 0.6) is 5.75 Å². The molecule has 0 aromatic heterocycles. The zero-order valence-corrected chi connectivity index (χ0v) is 11.6. The van der Waals surface area contributed by atoms with Crippen molar-refractivity contribution in [2.24, 2.45) is 0 Å². The normalized spacial score (nSPS) is 16.7. The van der Waals surface area contributed by atoms with Crippen molar-refractivity contribution in [3.05, 3.63) is 38.0 Å². The highest BCUT2D eigenvalue weighted by molar-refractivity contribution is 9.11. The number of aliphatic hydroxyl groups excluding tert-OH is 1. The number of carbonyl (C=O) groups is 1. The van der Waals surface area contributed by atoms with E-state index in [1.54, 1.807) is 0 Å². The number of hydrogen-bond donors (Lipinski definition) is 1. The monoisotopic (exact) mass is 346 g/mol. The van der Waals surface area contributed by atoms with Crippen LogP contribution in [0, 0.1) is 0 Å². The maximum atomic E-state index is 12.0. The first kappa shape index (κ1) is 11.7. The number of rotatable bonds is 1. The Labute approximate surface area is 109 Å². The van der Waals surface area contributed by atoms with Gasteiger partial charge < -0.3 is 9.84 Å². The molecule has 0 amide bonds. The minimum Gasteiger partial charge on any atom is -0.515 e. The maximum absolute atomic E-state index is 12.0. The van der Waals surface area contributed by atoms with Crippen molar-refractivity contribution in [2.75, 3.05) is 7.11 Å². The Hall–Kier alpha value is -0.810. The quantitative estimate of drug-likeness (QED) is 0.625. The summed E-state index contributed by atoms with van der Waals surface area (Å²) in [6.45, 7) is 0. The molecule has 5 heteroatoms. The van der Waals surface area contributed by atoms with Crippen LogP contribution in [0.3, 0.4) is 0 Å². The minimum atomic E-state index is -0.184. The van der Waals surface area contributed by atoms with Crippen LogP contribution >= 0.6 is 31.9 Å². The molecule has 0 aliphatic heterocycles. The number of allylic oxidation sites excluding steroid dienone is 1. The Morgan fingerprint density at radius 1 is 1.44 bits per heavy atom. The molecule has 0 saturated heterocycles. The smallest absolute Gasteiger partial charge is 0.196 e. The van der Waals surface area contributed by atoms with Gasteiger partial charge in [0, 0.05) is 16.5 Å². The Kier molecular flexibility index (Phi) is 3.08. The summed E-state index contributed by atoms with van der Waals surface area (Å²) in [5.41, 5.74) is 1.75. The van der Waals surface area contributed by atoms with Crippen molar-refractivity contribution in [3.63, 3.8) is 0 Å². The first-order chi connectivity index (χ1) is 7.60. The Bertz CT molecular complexity index is 506. The van der Waals surface area contributed by atoms with E-state index in [4.69, 9.17) is 9.84 Å². The van der Waals surface area contributed by atoms with E-state index in [-0.39, 0.29) is 5.78 Å². The fourth-order valence-corrected chi connectivity index (χ4v) is 3.25. The molecule has 84 valence electrons. The van der Waals surface area contributed by atoms with Crippen LogP contribution in [-0.2, 0) is 6.42 Å². The number of methoxy groups -OCH3 is 1. The predicted molar refractivity (Wildman–Crippen MR) is 67.1 cm³/mol. The highest BCUT2D eigenvalue weighted by Gasteiger charge is 2.31. The molecule has 1 N–H and O–H groups in total. The van der Waals surface area contributed by atoms with Crippen molar-refractivity contribution >= 4 is 37.6 Å². The first-order valence-corrected chi connectivity index (χ1v) is 6.11. The lowest BCUT2D eigenvalue weighted by Gasteiger charge is -2.09. The number of aliphatic hydroxyl groups is 1. The average Bonchev–Trinajstić information content (AvgIpc) is 2.58. The molecule has 0 unspecified atom stereocenters. The average molecular weight is 348 g/mol. The molecule has 3 nitrogen and oxygen atoms in total. The molecule has 0 atom stereocenters. The summed E-state index contributed by atoms with van der Waals surface area (Å²) in [6.07, 6.45) is 1.29. The SMILES string of the molecule is COc1c(Br)cc(Br)c2c1C(=O)/C(=C\O)C2. The van der Waals surface area contributed by atoms with Gasteiger partial charge in [0.2, 0.25) is 0 Å². The number of benzene rings is 1. The van der Waals surface area contributed by atoms with E-state index in [2.05, 4.69) is 31.9 Å². The molecular weight excluding hydrogens is 340 g/mol. The zero-order valence-electron chi connectivity index (χ0n) is 8.38. The summed E-state index contributed by atoms with van der Waals surface area (Å²) in [4.78, 5) is 12.0. The van der Waals surface area contributed by atoms with Crippen molar-refractivity contribution in [1.82, 2.24) is 0 Å². The van der Waals surface area contributed by atoms with Gasteiger partial charge >= 0.3 is 0 Å². The second-order valence-corrected chi connectivity index (χ2v) is 5.10. The van der Waals surface area contributed by atoms with Crippen LogP contribution in [0.25, 0.3) is 0 Å². The molecule has 1 aliphatic carbocycles. The van der Waals surface area contributed by atoms with E-state index >= 15 is 0 Å². The molecule has 16 heavy (non-hydrogen) atoms. The van der Waals surface area contributed by atoms with Gasteiger partial charge in [0.1, 0.15) is 5.75 Å². The third-order valence-electron chi connectivity index (χ3n) is 2.53. The zero-order chi connectivity index (χ0) is 11.9. The van der Waals surface area contributed by atoms with Crippen LogP contribution in [0.2, 0.25) is 0 Å². The molecular formula is C11H8Br2O3. The third-order valence-corrected chi connectivity index (χ3v) is 3.83. The largest absolute Gasteiger partial charge is 0.515 e. The number of carbonyl (C=O) groups excluding carboxylic acids is 1. The lowest BCUT2D eigenvalue weighted by atomic mass is 10.1. The second-order valence-electron chi connectivity index (χ2n) is 3.39. The molecule has 1 aliphatic rings. The summed E-state index contributed by atoms with van der Waals surface area (Å²) < 4.78 is 6.76. The standard InChI is InChI=1S/C11H8Br2O3/c1-16-11-8(13)3-7(12)6-2-5(4-14)10(15)9(6)11/h3-4,14H,2H2,1H3/b5-4-. The number of ketones is 1. The van der Waals surface area contributed by atoms with E-state index in [0.717, 1.165) is 16.3 Å². The number of Topliss-reactive ketones (excluding diaryl/α,β-unsaturated/α-hetero) is 1. The second kappa shape index (κ2) is 4.22. The maximum Gasteiger partial charge on any atom is 0.196 e. The Morgan fingerprint density at radius 3 is 2.69 bits per heavy atom. The topological polar surface area (TPSA) is 46.5 Å². The number of hydrogen-bond acceptors (Lipinski definition) is 3. The summed E-state index contributed by atoms with van der Waals surface area (Å²) in [5.74, 6) is 0.330. The van der Waals surface area contributed by atoms with Crippen LogP contribution in [-0.4, -0.2) is 18.0 Å². The van der Waals surface area contributed by atoms with E-state index in [1.807, 2.05) is 6.07 Å². The molecule has 0 radical (unpaired) electrons. The van der Waals surface area contributed by atoms with Crippen LogP contribution < -0.4 is 4.74 Å². The third kappa shape index (κ3) is 1.58. The highest BCUT2D eigenvalue weighted by Crippen LogP contribution is 2.42. The summed E-state index contributed by atoms with van der Waals surface area (Å²) in [6, 6.07) is 1.84. The van der Waals surface area contributed by atoms with Gasteiger partial charge in [0.25, 0.3) is 0 Å². The van der Waals surface area contributed by atoms with E-state index in [9.17, 15) is 4.79 Å². The van der Waals surface area contributed by atoms with Gasteiger partial charge in [-0.2, -0.15) is 0 Å². The van der Waals surface area contributed by atoms with Gasteiger partial charge in [-0.15, -0.1) is 0 Å². The van der Waals surface area contributed by atoms with Crippen molar-refractivity contribution < 1.29 is 14.6 Å². The van der Waals surface area contributed by atoms with Gasteiger partial charge in [-0.25, -0.2) is 0 Å².